The first-order valence-electron chi connectivity index (χ1n) is 5.85. The summed E-state index contributed by atoms with van der Waals surface area (Å²) in [6.07, 6.45) is 1.65. The molecule has 1 aliphatic rings. The van der Waals surface area contributed by atoms with Crippen molar-refractivity contribution in [1.29, 1.82) is 0 Å². The number of halogens is 1. The Hall–Kier alpha value is -0.870. The number of likely N-dealkylation sites (tertiary alicyclic amines) is 1. The van der Waals surface area contributed by atoms with Gasteiger partial charge in [0.15, 0.2) is 0 Å². The molecule has 0 spiro atoms. The number of hydrogen-bond donors (Lipinski definition) is 1. The average Bonchev–Trinajstić information content (AvgIpc) is 2.73. The minimum atomic E-state index is -0.329. The fourth-order valence-corrected chi connectivity index (χ4v) is 2.52. The molecule has 0 aliphatic carbocycles. The van der Waals surface area contributed by atoms with Gasteiger partial charge in [-0.3, -0.25) is 4.79 Å². The van der Waals surface area contributed by atoms with E-state index in [-0.39, 0.29) is 12.0 Å². The maximum atomic E-state index is 11.9. The van der Waals surface area contributed by atoms with E-state index in [1.807, 2.05) is 24.3 Å². The lowest BCUT2D eigenvalue weighted by Crippen LogP contribution is -2.29. The summed E-state index contributed by atoms with van der Waals surface area (Å²) >= 11 is 3.41. The predicted octanol–water partition coefficient (Wildman–Crippen LogP) is 1.97. The number of aliphatic hydroxyl groups excluding tert-OH is 1. The number of aryl methyl sites for hydroxylation is 1. The van der Waals surface area contributed by atoms with Crippen LogP contribution in [0, 0.1) is 0 Å². The molecule has 3 nitrogen and oxygen atoms in total. The molecule has 1 N–H and O–H groups in total. The molecule has 0 bridgehead atoms. The van der Waals surface area contributed by atoms with Crippen LogP contribution >= 0.6 is 15.9 Å². The van der Waals surface area contributed by atoms with Crippen LogP contribution in [0.25, 0.3) is 0 Å². The second-order valence-corrected chi connectivity index (χ2v) is 5.33. The summed E-state index contributed by atoms with van der Waals surface area (Å²) < 4.78 is 1.04. The van der Waals surface area contributed by atoms with Crippen LogP contribution in [0.4, 0.5) is 0 Å². The lowest BCUT2D eigenvalue weighted by molar-refractivity contribution is -0.130. The molecule has 1 aromatic rings. The van der Waals surface area contributed by atoms with Gasteiger partial charge in [-0.15, -0.1) is 0 Å². The van der Waals surface area contributed by atoms with Gasteiger partial charge in [-0.2, -0.15) is 0 Å². The minimum absolute atomic E-state index is 0.140. The average molecular weight is 298 g/mol. The molecule has 1 aromatic carbocycles. The van der Waals surface area contributed by atoms with Crippen LogP contribution in [0.5, 0.6) is 0 Å². The van der Waals surface area contributed by atoms with Crippen LogP contribution in [-0.2, 0) is 11.2 Å². The van der Waals surface area contributed by atoms with Crippen LogP contribution in [-0.4, -0.2) is 35.1 Å². The summed E-state index contributed by atoms with van der Waals surface area (Å²) in [6.45, 7) is 1.19. The van der Waals surface area contributed by atoms with Gasteiger partial charge < -0.3 is 10.0 Å². The number of aliphatic hydroxyl groups is 1. The first-order chi connectivity index (χ1) is 8.15. The van der Waals surface area contributed by atoms with E-state index in [1.54, 1.807) is 4.90 Å². The van der Waals surface area contributed by atoms with Gasteiger partial charge in [0.2, 0.25) is 5.91 Å². The quantitative estimate of drug-likeness (QED) is 0.927. The van der Waals surface area contributed by atoms with Crippen molar-refractivity contribution >= 4 is 21.8 Å². The predicted molar refractivity (Wildman–Crippen MR) is 69.7 cm³/mol. The van der Waals surface area contributed by atoms with Crippen LogP contribution in [0.1, 0.15) is 18.4 Å². The highest BCUT2D eigenvalue weighted by Gasteiger charge is 2.23. The van der Waals surface area contributed by atoms with Crippen LogP contribution in [0.3, 0.4) is 0 Å². The molecule has 17 heavy (non-hydrogen) atoms. The topological polar surface area (TPSA) is 40.5 Å². The second-order valence-electron chi connectivity index (χ2n) is 4.41. The Morgan fingerprint density at radius 2 is 2.35 bits per heavy atom. The Bertz CT molecular complexity index is 408. The SMILES string of the molecule is O=C(CCc1cccc(Br)c1)N1CCC(O)C1. The van der Waals surface area contributed by atoms with E-state index in [0.29, 0.717) is 25.9 Å². The first-order valence-corrected chi connectivity index (χ1v) is 6.65. The normalized spacial score (nSPS) is 19.6. The van der Waals surface area contributed by atoms with Crippen molar-refractivity contribution in [3.8, 4) is 0 Å². The van der Waals surface area contributed by atoms with Gasteiger partial charge in [-0.05, 0) is 30.5 Å². The number of amides is 1. The largest absolute Gasteiger partial charge is 0.391 e. The van der Waals surface area contributed by atoms with Crippen molar-refractivity contribution in [3.63, 3.8) is 0 Å². The van der Waals surface area contributed by atoms with Crippen LogP contribution in [0.15, 0.2) is 28.7 Å². The van der Waals surface area contributed by atoms with E-state index in [9.17, 15) is 9.90 Å². The van der Waals surface area contributed by atoms with Gasteiger partial charge in [0, 0.05) is 24.0 Å². The number of nitrogens with zero attached hydrogens (tertiary/aromatic N) is 1. The third-order valence-corrected chi connectivity index (χ3v) is 3.53. The maximum absolute atomic E-state index is 11.9. The Kier molecular flexibility index (Phi) is 4.18. The maximum Gasteiger partial charge on any atom is 0.222 e. The fourth-order valence-electron chi connectivity index (χ4n) is 2.07. The summed E-state index contributed by atoms with van der Waals surface area (Å²) in [5.74, 6) is 0.140. The van der Waals surface area contributed by atoms with E-state index in [4.69, 9.17) is 0 Å². The van der Waals surface area contributed by atoms with Gasteiger partial charge in [0.1, 0.15) is 0 Å². The van der Waals surface area contributed by atoms with Crippen molar-refractivity contribution in [3.05, 3.63) is 34.3 Å². The number of hydrogen-bond acceptors (Lipinski definition) is 2. The number of carbonyl (C=O) groups excluding carboxylic acids is 1. The molecular formula is C13H16BrNO2. The summed E-state index contributed by atoms with van der Waals surface area (Å²) in [4.78, 5) is 13.6. The molecule has 0 aromatic heterocycles. The van der Waals surface area contributed by atoms with Crippen LogP contribution < -0.4 is 0 Å². The molecule has 4 heteroatoms. The van der Waals surface area contributed by atoms with E-state index >= 15 is 0 Å². The van der Waals surface area contributed by atoms with E-state index in [0.717, 1.165) is 16.5 Å². The number of benzene rings is 1. The van der Waals surface area contributed by atoms with Gasteiger partial charge in [-0.25, -0.2) is 0 Å². The lowest BCUT2D eigenvalue weighted by atomic mass is 10.1. The molecule has 92 valence electrons. The Morgan fingerprint density at radius 1 is 1.53 bits per heavy atom. The zero-order valence-electron chi connectivity index (χ0n) is 9.60. The summed E-state index contributed by atoms with van der Waals surface area (Å²) in [7, 11) is 0. The molecular weight excluding hydrogens is 282 g/mol. The Morgan fingerprint density at radius 3 is 3.00 bits per heavy atom. The molecule has 1 fully saturated rings. The highest BCUT2D eigenvalue weighted by molar-refractivity contribution is 9.10. The third kappa shape index (κ3) is 3.54. The summed E-state index contributed by atoms with van der Waals surface area (Å²) in [5.41, 5.74) is 1.16. The van der Waals surface area contributed by atoms with Gasteiger partial charge in [0.25, 0.3) is 0 Å². The summed E-state index contributed by atoms with van der Waals surface area (Å²) in [5, 5.41) is 9.37. The second kappa shape index (κ2) is 5.65. The van der Waals surface area contributed by atoms with Crippen molar-refractivity contribution in [2.75, 3.05) is 13.1 Å². The fraction of sp³-hybridized carbons (Fsp3) is 0.462. The van der Waals surface area contributed by atoms with Crippen molar-refractivity contribution < 1.29 is 9.90 Å². The van der Waals surface area contributed by atoms with Crippen molar-refractivity contribution in [2.24, 2.45) is 0 Å². The summed E-state index contributed by atoms with van der Waals surface area (Å²) in [6, 6.07) is 8.01. The molecule has 1 unspecified atom stereocenters. The molecule has 1 aliphatic heterocycles. The molecule has 1 heterocycles. The lowest BCUT2D eigenvalue weighted by Gasteiger charge is -2.15. The van der Waals surface area contributed by atoms with Crippen molar-refractivity contribution in [1.82, 2.24) is 4.90 Å². The molecule has 1 atom stereocenters. The van der Waals surface area contributed by atoms with Crippen LogP contribution in [0.2, 0.25) is 0 Å². The third-order valence-electron chi connectivity index (χ3n) is 3.03. The van der Waals surface area contributed by atoms with Gasteiger partial charge in [-0.1, -0.05) is 28.1 Å². The molecule has 0 radical (unpaired) electrons. The number of rotatable bonds is 3. The van der Waals surface area contributed by atoms with E-state index < -0.39 is 0 Å². The monoisotopic (exact) mass is 297 g/mol. The number of β-amino-alcohol motifs (C(OH)–C–C–N with tert-alkyl or cyclic N) is 1. The standard InChI is InChI=1S/C13H16BrNO2/c14-11-3-1-2-10(8-11)4-5-13(17)15-7-6-12(16)9-15/h1-3,8,12,16H,4-7,9H2. The van der Waals surface area contributed by atoms with E-state index in [2.05, 4.69) is 15.9 Å². The Balaban J connectivity index is 1.84. The molecule has 0 saturated carbocycles. The highest BCUT2D eigenvalue weighted by Crippen LogP contribution is 2.15. The molecule has 1 saturated heterocycles. The zero-order chi connectivity index (χ0) is 12.3. The Labute approximate surface area is 110 Å². The zero-order valence-corrected chi connectivity index (χ0v) is 11.2. The van der Waals surface area contributed by atoms with Crippen molar-refractivity contribution in [2.45, 2.75) is 25.4 Å². The smallest absolute Gasteiger partial charge is 0.222 e. The minimum Gasteiger partial charge on any atom is -0.391 e. The molecule has 2 rings (SSSR count). The highest BCUT2D eigenvalue weighted by atomic mass is 79.9. The van der Waals surface area contributed by atoms with Gasteiger partial charge in [0.05, 0.1) is 6.10 Å². The van der Waals surface area contributed by atoms with Gasteiger partial charge >= 0.3 is 0 Å². The number of carbonyl (C=O) groups is 1. The van der Waals surface area contributed by atoms with E-state index in [1.165, 1.54) is 0 Å². The first kappa shape index (κ1) is 12.6. The molecule has 1 amide bonds.